The highest BCUT2D eigenvalue weighted by Crippen LogP contribution is 2.34. The first kappa shape index (κ1) is 9.59. The van der Waals surface area contributed by atoms with Crippen molar-refractivity contribution in [2.45, 2.75) is 32.5 Å². The zero-order chi connectivity index (χ0) is 11.3. The van der Waals surface area contributed by atoms with E-state index in [0.29, 0.717) is 12.4 Å². The zero-order valence-corrected chi connectivity index (χ0v) is 9.37. The molecule has 0 amide bonds. The molecule has 2 aromatic rings. The third-order valence-corrected chi connectivity index (χ3v) is 3.02. The number of ether oxygens (including phenoxy) is 1. The fraction of sp³-hybridized carbons (Fsp3) is 0.455. The summed E-state index contributed by atoms with van der Waals surface area (Å²) in [6, 6.07) is 0. The SMILES string of the molecule is CC1(C)Cc2c([nH]c3ncnc(N)c23)CO1. The number of fused-ring (bicyclic) bond motifs is 3. The van der Waals surface area contributed by atoms with Gasteiger partial charge in [0.05, 0.1) is 17.6 Å². The standard InChI is InChI=1S/C11H14N4O/c1-11(2)3-6-7(4-16-11)15-10-8(6)9(12)13-5-14-10/h5H,3-4H2,1-2H3,(H3,12,13,14,15). The first-order valence-electron chi connectivity index (χ1n) is 5.31. The van der Waals surface area contributed by atoms with E-state index in [9.17, 15) is 0 Å². The summed E-state index contributed by atoms with van der Waals surface area (Å²) in [5.41, 5.74) is 8.83. The van der Waals surface area contributed by atoms with Gasteiger partial charge in [-0.05, 0) is 19.4 Å². The summed E-state index contributed by atoms with van der Waals surface area (Å²) >= 11 is 0. The maximum atomic E-state index is 5.90. The van der Waals surface area contributed by atoms with Crippen molar-refractivity contribution in [1.82, 2.24) is 15.0 Å². The Bertz CT molecular complexity index is 558. The molecule has 3 heterocycles. The van der Waals surface area contributed by atoms with Crippen LogP contribution in [0.5, 0.6) is 0 Å². The Hall–Kier alpha value is -1.62. The number of aromatic amines is 1. The van der Waals surface area contributed by atoms with Crippen LogP contribution in [0.15, 0.2) is 6.33 Å². The molecule has 0 atom stereocenters. The van der Waals surface area contributed by atoms with Crippen LogP contribution in [-0.2, 0) is 17.8 Å². The zero-order valence-electron chi connectivity index (χ0n) is 9.37. The molecule has 0 saturated heterocycles. The van der Waals surface area contributed by atoms with E-state index in [4.69, 9.17) is 10.5 Å². The number of nitrogens with zero attached hydrogens (tertiary/aromatic N) is 2. The molecule has 3 rings (SSSR count). The van der Waals surface area contributed by atoms with Crippen LogP contribution in [0.25, 0.3) is 11.0 Å². The fourth-order valence-corrected chi connectivity index (χ4v) is 2.22. The topological polar surface area (TPSA) is 76.8 Å². The van der Waals surface area contributed by atoms with Crippen LogP contribution < -0.4 is 5.73 Å². The van der Waals surface area contributed by atoms with Crippen molar-refractivity contribution in [1.29, 1.82) is 0 Å². The third kappa shape index (κ3) is 1.28. The Kier molecular flexibility index (Phi) is 1.77. The van der Waals surface area contributed by atoms with E-state index in [-0.39, 0.29) is 5.60 Å². The van der Waals surface area contributed by atoms with Crippen LogP contribution in [0.4, 0.5) is 5.82 Å². The van der Waals surface area contributed by atoms with Crippen LogP contribution in [0, 0.1) is 0 Å². The molecule has 0 spiro atoms. The molecule has 5 heteroatoms. The lowest BCUT2D eigenvalue weighted by molar-refractivity contribution is -0.0410. The Balaban J connectivity index is 2.28. The lowest BCUT2D eigenvalue weighted by Crippen LogP contribution is -2.31. The molecule has 0 fully saturated rings. The van der Waals surface area contributed by atoms with Crippen LogP contribution in [-0.4, -0.2) is 20.6 Å². The second-order valence-electron chi connectivity index (χ2n) is 4.79. The second-order valence-corrected chi connectivity index (χ2v) is 4.79. The Morgan fingerprint density at radius 3 is 3.06 bits per heavy atom. The molecular weight excluding hydrogens is 204 g/mol. The number of hydrogen-bond acceptors (Lipinski definition) is 4. The van der Waals surface area contributed by atoms with Gasteiger partial charge in [-0.15, -0.1) is 0 Å². The quantitative estimate of drug-likeness (QED) is 0.700. The minimum absolute atomic E-state index is 0.148. The summed E-state index contributed by atoms with van der Waals surface area (Å²) in [6.45, 7) is 4.74. The van der Waals surface area contributed by atoms with Gasteiger partial charge < -0.3 is 15.5 Å². The minimum atomic E-state index is -0.148. The average molecular weight is 218 g/mol. The molecule has 0 radical (unpaired) electrons. The minimum Gasteiger partial charge on any atom is -0.383 e. The molecule has 2 aromatic heterocycles. The summed E-state index contributed by atoms with van der Waals surface area (Å²) in [6.07, 6.45) is 2.31. The Morgan fingerprint density at radius 2 is 2.25 bits per heavy atom. The van der Waals surface area contributed by atoms with Gasteiger partial charge >= 0.3 is 0 Å². The van der Waals surface area contributed by atoms with Gasteiger partial charge in [-0.2, -0.15) is 0 Å². The number of nitrogen functional groups attached to an aromatic ring is 1. The van der Waals surface area contributed by atoms with Crippen molar-refractivity contribution >= 4 is 16.9 Å². The van der Waals surface area contributed by atoms with Gasteiger partial charge in [-0.1, -0.05) is 0 Å². The van der Waals surface area contributed by atoms with E-state index < -0.39 is 0 Å². The maximum Gasteiger partial charge on any atom is 0.143 e. The van der Waals surface area contributed by atoms with Crippen molar-refractivity contribution in [3.63, 3.8) is 0 Å². The monoisotopic (exact) mass is 218 g/mol. The van der Waals surface area contributed by atoms with Crippen molar-refractivity contribution in [3.05, 3.63) is 17.6 Å². The van der Waals surface area contributed by atoms with Crippen molar-refractivity contribution < 1.29 is 4.74 Å². The van der Waals surface area contributed by atoms with E-state index in [1.54, 1.807) is 0 Å². The molecule has 3 N–H and O–H groups in total. The largest absolute Gasteiger partial charge is 0.383 e. The van der Waals surface area contributed by atoms with Crippen LogP contribution in [0.1, 0.15) is 25.1 Å². The highest BCUT2D eigenvalue weighted by molar-refractivity contribution is 5.90. The van der Waals surface area contributed by atoms with E-state index in [0.717, 1.165) is 23.1 Å². The predicted molar refractivity (Wildman–Crippen MR) is 60.9 cm³/mol. The normalized spacial score (nSPS) is 18.6. The summed E-state index contributed by atoms with van der Waals surface area (Å²) in [7, 11) is 0. The molecule has 0 saturated carbocycles. The molecule has 1 aliphatic heterocycles. The molecule has 16 heavy (non-hydrogen) atoms. The molecule has 0 aliphatic carbocycles. The van der Waals surface area contributed by atoms with E-state index in [1.165, 1.54) is 11.9 Å². The van der Waals surface area contributed by atoms with Crippen LogP contribution in [0.3, 0.4) is 0 Å². The Morgan fingerprint density at radius 1 is 1.44 bits per heavy atom. The van der Waals surface area contributed by atoms with Gasteiger partial charge in [0.2, 0.25) is 0 Å². The predicted octanol–water partition coefficient (Wildman–Crippen LogP) is 1.39. The summed E-state index contributed by atoms with van der Waals surface area (Å²) in [4.78, 5) is 11.5. The number of nitrogens with one attached hydrogen (secondary N) is 1. The second kappa shape index (κ2) is 2.95. The number of anilines is 1. The first-order chi connectivity index (χ1) is 7.57. The molecular formula is C11H14N4O. The molecule has 1 aliphatic rings. The molecule has 0 bridgehead atoms. The number of rotatable bonds is 0. The van der Waals surface area contributed by atoms with Gasteiger partial charge in [0.25, 0.3) is 0 Å². The average Bonchev–Trinajstić information content (AvgIpc) is 2.55. The first-order valence-corrected chi connectivity index (χ1v) is 5.31. The number of H-pyrrole nitrogens is 1. The number of nitrogens with two attached hydrogens (primary N) is 1. The molecule has 0 aromatic carbocycles. The lowest BCUT2D eigenvalue weighted by Gasteiger charge is -2.30. The Labute approximate surface area is 93.0 Å². The van der Waals surface area contributed by atoms with Gasteiger partial charge in [-0.3, -0.25) is 0 Å². The van der Waals surface area contributed by atoms with Crippen LogP contribution in [0.2, 0.25) is 0 Å². The lowest BCUT2D eigenvalue weighted by atomic mass is 9.94. The molecule has 5 nitrogen and oxygen atoms in total. The smallest absolute Gasteiger partial charge is 0.143 e. The maximum absolute atomic E-state index is 5.90. The summed E-state index contributed by atoms with van der Waals surface area (Å²) < 4.78 is 5.74. The van der Waals surface area contributed by atoms with Crippen molar-refractivity contribution in [2.75, 3.05) is 5.73 Å². The fourth-order valence-electron chi connectivity index (χ4n) is 2.22. The highest BCUT2D eigenvalue weighted by atomic mass is 16.5. The van der Waals surface area contributed by atoms with Crippen molar-refractivity contribution in [2.24, 2.45) is 0 Å². The van der Waals surface area contributed by atoms with E-state index in [2.05, 4.69) is 28.8 Å². The highest BCUT2D eigenvalue weighted by Gasteiger charge is 2.29. The third-order valence-electron chi connectivity index (χ3n) is 3.02. The van der Waals surface area contributed by atoms with Gasteiger partial charge in [0.15, 0.2) is 0 Å². The summed E-state index contributed by atoms with van der Waals surface area (Å²) in [5.74, 6) is 0.542. The van der Waals surface area contributed by atoms with E-state index in [1.807, 2.05) is 0 Å². The van der Waals surface area contributed by atoms with Gasteiger partial charge in [0, 0.05) is 12.1 Å². The number of aromatic nitrogens is 3. The molecule has 0 unspecified atom stereocenters. The van der Waals surface area contributed by atoms with Gasteiger partial charge in [-0.25, -0.2) is 9.97 Å². The summed E-state index contributed by atoms with van der Waals surface area (Å²) in [5, 5.41) is 0.953. The molecule has 84 valence electrons. The van der Waals surface area contributed by atoms with Gasteiger partial charge in [0.1, 0.15) is 17.8 Å². The van der Waals surface area contributed by atoms with E-state index >= 15 is 0 Å². The number of hydrogen-bond donors (Lipinski definition) is 2. The van der Waals surface area contributed by atoms with Crippen LogP contribution >= 0.6 is 0 Å². The van der Waals surface area contributed by atoms with Crippen molar-refractivity contribution in [3.8, 4) is 0 Å².